The summed E-state index contributed by atoms with van der Waals surface area (Å²) < 4.78 is 0. The molecule has 0 saturated heterocycles. The van der Waals surface area contributed by atoms with Gasteiger partial charge in [0.25, 0.3) is 5.96 Å². The first-order valence-electron chi connectivity index (χ1n) is 6.48. The Bertz CT molecular complexity index is 452. The quantitative estimate of drug-likeness (QED) is 0.130. The number of guanidine groups is 1. The number of amides is 1. The first kappa shape index (κ1) is 19.6. The molecule has 0 aromatic heterocycles. The van der Waals surface area contributed by atoms with E-state index in [0.29, 0.717) is 6.42 Å². The number of hydrogen-bond donors (Lipinski definition) is 4. The van der Waals surface area contributed by atoms with Gasteiger partial charge in [-0.3, -0.25) is 4.79 Å². The van der Waals surface area contributed by atoms with Gasteiger partial charge in [-0.2, -0.15) is 0 Å². The van der Waals surface area contributed by atoms with Gasteiger partial charge in [0.15, 0.2) is 5.03 Å². The molecule has 0 bridgehead atoms. The van der Waals surface area contributed by atoms with E-state index in [1.165, 1.54) is 6.92 Å². The van der Waals surface area contributed by atoms with Crippen LogP contribution in [0.1, 0.15) is 19.8 Å². The lowest BCUT2D eigenvalue weighted by atomic mass is 9.95. The van der Waals surface area contributed by atoms with Crippen LogP contribution >= 0.6 is 0 Å². The Kier molecular flexibility index (Phi) is 7.80. The average molecular weight is 318 g/mol. The highest BCUT2D eigenvalue weighted by Crippen LogP contribution is 2.12. The zero-order chi connectivity index (χ0) is 17.3. The molecule has 0 aliphatic carbocycles. The van der Waals surface area contributed by atoms with Crippen LogP contribution in [0.15, 0.2) is 5.10 Å². The number of hydrogen-bond acceptors (Lipinski definition) is 5. The maximum absolute atomic E-state index is 11.7. The van der Waals surface area contributed by atoms with Crippen molar-refractivity contribution in [1.29, 1.82) is 0 Å². The Morgan fingerprint density at radius 3 is 2.50 bits per heavy atom. The molecule has 5 N–H and O–H groups in total. The monoisotopic (exact) mass is 318 g/mol. The van der Waals surface area contributed by atoms with Crippen molar-refractivity contribution in [3.63, 3.8) is 0 Å². The van der Waals surface area contributed by atoms with E-state index in [1.807, 2.05) is 0 Å². The number of carbonyl (C=O) groups excluding carboxylic acids is 1. The van der Waals surface area contributed by atoms with Gasteiger partial charge >= 0.3 is 5.97 Å². The third-order valence-electron chi connectivity index (χ3n) is 2.70. The van der Waals surface area contributed by atoms with E-state index in [0.717, 1.165) is 0 Å². The minimum Gasteiger partial charge on any atom is -0.480 e. The highest BCUT2D eigenvalue weighted by Gasteiger charge is 2.34. The zero-order valence-electron chi connectivity index (χ0n) is 12.8. The minimum atomic E-state index is -1.43. The lowest BCUT2D eigenvalue weighted by Crippen LogP contribution is -2.54. The van der Waals surface area contributed by atoms with E-state index >= 15 is 0 Å². The van der Waals surface area contributed by atoms with Crippen molar-refractivity contribution in [3.8, 4) is 0 Å². The molecule has 1 amide bonds. The summed E-state index contributed by atoms with van der Waals surface area (Å²) in [6, 6.07) is 0. The molecule has 1 unspecified atom stereocenters. The molecule has 0 rings (SSSR count). The first-order chi connectivity index (χ1) is 10.1. The Labute approximate surface area is 127 Å². The summed E-state index contributed by atoms with van der Waals surface area (Å²) >= 11 is 0. The molecular weight excluding hydrogens is 296 g/mol. The number of nitrogens with one attached hydrogen (secondary N) is 2. The van der Waals surface area contributed by atoms with E-state index in [9.17, 15) is 24.8 Å². The third kappa shape index (κ3) is 7.99. The molecule has 0 aliphatic rings. The van der Waals surface area contributed by atoms with Crippen LogP contribution in [0.2, 0.25) is 0 Å². The molecule has 0 aromatic rings. The van der Waals surface area contributed by atoms with Gasteiger partial charge in [0.05, 0.1) is 6.54 Å². The van der Waals surface area contributed by atoms with Crippen molar-refractivity contribution >= 4 is 17.8 Å². The molecule has 0 fully saturated rings. The summed E-state index contributed by atoms with van der Waals surface area (Å²) in [6.45, 7) is 1.66. The summed E-state index contributed by atoms with van der Waals surface area (Å²) in [6.07, 6.45) is 0.444. The number of rotatable bonds is 9. The van der Waals surface area contributed by atoms with Crippen LogP contribution in [-0.2, 0) is 9.59 Å². The van der Waals surface area contributed by atoms with Gasteiger partial charge in [0, 0.05) is 6.54 Å². The fraction of sp³-hybridized carbons (Fsp3) is 0.727. The van der Waals surface area contributed by atoms with Crippen LogP contribution in [0.5, 0.6) is 0 Å². The predicted octanol–water partition coefficient (Wildman–Crippen LogP) is -1.62. The predicted molar refractivity (Wildman–Crippen MR) is 78.6 cm³/mol. The van der Waals surface area contributed by atoms with Gasteiger partial charge in [0.2, 0.25) is 5.91 Å². The van der Waals surface area contributed by atoms with E-state index in [-0.39, 0.29) is 25.5 Å². The van der Waals surface area contributed by atoms with E-state index in [2.05, 4.69) is 15.7 Å². The Morgan fingerprint density at radius 1 is 1.45 bits per heavy atom. The van der Waals surface area contributed by atoms with Crippen LogP contribution in [-0.4, -0.2) is 65.6 Å². The minimum absolute atomic E-state index is 0.0730. The fourth-order valence-corrected chi connectivity index (χ4v) is 1.64. The Balaban J connectivity index is 4.43. The number of nitro groups is 1. The molecule has 0 aromatic carbocycles. The van der Waals surface area contributed by atoms with Crippen LogP contribution in [0.4, 0.5) is 0 Å². The number of hydrazone groups is 1. The molecule has 126 valence electrons. The van der Waals surface area contributed by atoms with Crippen LogP contribution in [0.3, 0.4) is 0 Å². The molecule has 0 radical (unpaired) electrons. The van der Waals surface area contributed by atoms with Gasteiger partial charge in [-0.25, -0.2) is 14.9 Å². The smallest absolute Gasteiger partial charge is 0.329 e. The molecular formula is C11H22N6O5. The van der Waals surface area contributed by atoms with Crippen molar-refractivity contribution in [2.24, 2.45) is 10.8 Å². The van der Waals surface area contributed by atoms with Gasteiger partial charge in [0.1, 0.15) is 10.6 Å². The molecule has 22 heavy (non-hydrogen) atoms. The first-order valence-corrected chi connectivity index (χ1v) is 6.48. The number of nitrogens with two attached hydrogens (primary N) is 1. The second kappa shape index (κ2) is 8.77. The number of carbonyl (C=O) groups is 2. The number of carboxylic acid groups (broad SMARTS) is 1. The fourth-order valence-electron chi connectivity index (χ4n) is 1.64. The summed E-state index contributed by atoms with van der Waals surface area (Å²) in [7, 11) is 3.39. The third-order valence-corrected chi connectivity index (χ3v) is 2.70. The van der Waals surface area contributed by atoms with E-state index in [4.69, 9.17) is 5.73 Å². The maximum atomic E-state index is 11.7. The maximum Gasteiger partial charge on any atom is 0.329 e. The second-order valence-electron chi connectivity index (χ2n) is 5.18. The van der Waals surface area contributed by atoms with Crippen LogP contribution in [0.25, 0.3) is 0 Å². The van der Waals surface area contributed by atoms with Gasteiger partial charge < -0.3 is 26.4 Å². The molecule has 0 aliphatic heterocycles. The Morgan fingerprint density at radius 2 is 2.05 bits per heavy atom. The molecule has 11 nitrogen and oxygen atoms in total. The summed E-state index contributed by atoms with van der Waals surface area (Å²) in [5, 5.41) is 26.2. The summed E-state index contributed by atoms with van der Waals surface area (Å²) in [5.41, 5.74) is 3.80. The number of carboxylic acids is 1. The summed E-state index contributed by atoms with van der Waals surface area (Å²) in [5.74, 6) is -1.93. The molecule has 0 heterocycles. The van der Waals surface area contributed by atoms with E-state index in [1.54, 1.807) is 19.0 Å². The number of aliphatic carboxylic acids is 1. The van der Waals surface area contributed by atoms with Crippen molar-refractivity contribution in [1.82, 2.24) is 15.5 Å². The molecule has 0 spiro atoms. The molecule has 1 atom stereocenters. The average Bonchev–Trinajstić information content (AvgIpc) is 2.32. The lowest BCUT2D eigenvalue weighted by molar-refractivity contribution is -0.485. The van der Waals surface area contributed by atoms with Crippen molar-refractivity contribution in [2.75, 3.05) is 27.2 Å². The van der Waals surface area contributed by atoms with Crippen molar-refractivity contribution in [3.05, 3.63) is 10.1 Å². The van der Waals surface area contributed by atoms with Crippen molar-refractivity contribution in [2.45, 2.75) is 25.3 Å². The van der Waals surface area contributed by atoms with Crippen LogP contribution in [0, 0.1) is 10.1 Å². The molecule has 11 heteroatoms. The molecule has 0 saturated carbocycles. The normalized spacial score (nSPS) is 14.3. The standard InChI is InChI=1S/C11H22N6O5/c1-11(9(19)20,14-8(18)7-16(2)3)5-4-6-13-10(12)15-17(21)22/h4-7H2,1-3H3,(H,14,18)(H,19,20)(H3,12,13,15). The van der Waals surface area contributed by atoms with Gasteiger partial charge in [-0.1, -0.05) is 0 Å². The SMILES string of the molecule is CN(C)CC(=O)NC(C)(CCCN/C(N)=N\[N+](=O)[O-])C(=O)O. The van der Waals surface area contributed by atoms with E-state index < -0.39 is 22.4 Å². The largest absolute Gasteiger partial charge is 0.480 e. The Hall–Kier alpha value is -2.43. The highest BCUT2D eigenvalue weighted by molar-refractivity contribution is 5.87. The zero-order valence-corrected chi connectivity index (χ0v) is 12.8. The second-order valence-corrected chi connectivity index (χ2v) is 5.18. The number of likely N-dealkylation sites (N-methyl/N-ethyl adjacent to an activating group) is 1. The summed E-state index contributed by atoms with van der Waals surface area (Å²) in [4.78, 5) is 34.7. The topological polar surface area (TPSA) is 163 Å². The van der Waals surface area contributed by atoms with Gasteiger partial charge in [-0.15, -0.1) is 0 Å². The van der Waals surface area contributed by atoms with Crippen LogP contribution < -0.4 is 16.4 Å². The highest BCUT2D eigenvalue weighted by atomic mass is 16.7. The number of nitrogens with zero attached hydrogens (tertiary/aromatic N) is 3. The lowest BCUT2D eigenvalue weighted by Gasteiger charge is -2.27. The van der Waals surface area contributed by atoms with Crippen molar-refractivity contribution < 1.29 is 19.7 Å². The van der Waals surface area contributed by atoms with Gasteiger partial charge in [-0.05, 0) is 33.9 Å².